The summed E-state index contributed by atoms with van der Waals surface area (Å²) in [6.07, 6.45) is 0.682. The Morgan fingerprint density at radius 1 is 1.26 bits per heavy atom. The van der Waals surface area contributed by atoms with Crippen molar-refractivity contribution in [1.29, 1.82) is 0 Å². The van der Waals surface area contributed by atoms with Crippen LogP contribution >= 0.6 is 34.7 Å². The van der Waals surface area contributed by atoms with E-state index in [0.717, 1.165) is 16.0 Å². The fourth-order valence-corrected chi connectivity index (χ4v) is 5.40. The number of amides is 1. The first-order chi connectivity index (χ1) is 14.9. The van der Waals surface area contributed by atoms with Gasteiger partial charge in [0.15, 0.2) is 11.0 Å². The van der Waals surface area contributed by atoms with E-state index in [1.165, 1.54) is 30.2 Å². The number of nitrogens with one attached hydrogen (secondary N) is 1. The normalized spacial score (nSPS) is 10.9. The monoisotopic (exact) mass is 478 g/mol. The van der Waals surface area contributed by atoms with Crippen LogP contribution in [0.1, 0.15) is 34.6 Å². The molecule has 0 radical (unpaired) electrons. The first-order valence-corrected chi connectivity index (χ1v) is 11.9. The van der Waals surface area contributed by atoms with Crippen LogP contribution in [0.15, 0.2) is 29.4 Å². The van der Waals surface area contributed by atoms with Gasteiger partial charge in [-0.25, -0.2) is 4.79 Å². The molecule has 0 fully saturated rings. The summed E-state index contributed by atoms with van der Waals surface area (Å²) < 4.78 is 6.83. The van der Waals surface area contributed by atoms with Gasteiger partial charge in [-0.1, -0.05) is 42.4 Å². The number of thiophene rings is 1. The second-order valence-electron chi connectivity index (χ2n) is 6.55. The van der Waals surface area contributed by atoms with E-state index in [0.29, 0.717) is 39.5 Å². The molecule has 31 heavy (non-hydrogen) atoms. The number of esters is 1. The van der Waals surface area contributed by atoms with Gasteiger partial charge in [0, 0.05) is 17.0 Å². The predicted molar refractivity (Wildman–Crippen MR) is 125 cm³/mol. The van der Waals surface area contributed by atoms with E-state index in [1.807, 2.05) is 43.5 Å². The van der Waals surface area contributed by atoms with E-state index in [9.17, 15) is 9.59 Å². The molecule has 2 heterocycles. The van der Waals surface area contributed by atoms with Crippen LogP contribution in [-0.4, -0.2) is 39.5 Å². The highest BCUT2D eigenvalue weighted by molar-refractivity contribution is 7.99. The predicted octanol–water partition coefficient (Wildman–Crippen LogP) is 5.07. The van der Waals surface area contributed by atoms with Crippen molar-refractivity contribution in [3.63, 3.8) is 0 Å². The minimum Gasteiger partial charge on any atom is -0.465 e. The Kier molecular flexibility index (Phi) is 7.74. The van der Waals surface area contributed by atoms with E-state index in [2.05, 4.69) is 15.5 Å². The number of carbonyl (C=O) groups is 2. The number of benzene rings is 1. The Morgan fingerprint density at radius 3 is 2.65 bits per heavy atom. The summed E-state index contributed by atoms with van der Waals surface area (Å²) in [6.45, 7) is 6.52. The summed E-state index contributed by atoms with van der Waals surface area (Å²) in [5.41, 5.74) is 2.12. The Morgan fingerprint density at radius 2 is 2.00 bits per heavy atom. The lowest BCUT2D eigenvalue weighted by molar-refractivity contribution is -0.113. The number of ether oxygens (including phenoxy) is 1. The molecule has 0 atom stereocenters. The molecule has 10 heteroatoms. The van der Waals surface area contributed by atoms with Gasteiger partial charge in [-0.3, -0.25) is 4.79 Å². The average Bonchev–Trinajstić information content (AvgIpc) is 3.31. The molecule has 1 aromatic carbocycles. The van der Waals surface area contributed by atoms with Crippen molar-refractivity contribution in [2.45, 2.75) is 38.9 Å². The van der Waals surface area contributed by atoms with E-state index < -0.39 is 5.97 Å². The van der Waals surface area contributed by atoms with Crippen molar-refractivity contribution in [2.24, 2.45) is 0 Å². The zero-order valence-corrected chi connectivity index (χ0v) is 20.1. The molecule has 1 N–H and O–H groups in total. The average molecular weight is 479 g/mol. The molecule has 0 aliphatic carbocycles. The van der Waals surface area contributed by atoms with Gasteiger partial charge in [-0.2, -0.15) is 0 Å². The third kappa shape index (κ3) is 4.94. The zero-order chi connectivity index (χ0) is 22.5. The molecule has 0 aliphatic heterocycles. The lowest BCUT2D eigenvalue weighted by Gasteiger charge is -2.09. The highest BCUT2D eigenvalue weighted by atomic mass is 35.5. The number of hydrogen-bond donors (Lipinski definition) is 1. The van der Waals surface area contributed by atoms with Crippen LogP contribution in [0.2, 0.25) is 5.02 Å². The Labute approximate surface area is 194 Å². The van der Waals surface area contributed by atoms with Crippen LogP contribution in [0, 0.1) is 6.92 Å². The second kappa shape index (κ2) is 10.3. The summed E-state index contributed by atoms with van der Waals surface area (Å²) in [6, 6.07) is 7.44. The molecule has 0 saturated carbocycles. The summed E-state index contributed by atoms with van der Waals surface area (Å²) in [5, 5.41) is 13.1. The second-order valence-corrected chi connectivity index (χ2v) is 9.13. The van der Waals surface area contributed by atoms with E-state index in [1.54, 1.807) is 6.07 Å². The number of carbonyl (C=O) groups excluding carboxylic acids is 2. The fourth-order valence-electron chi connectivity index (χ4n) is 3.23. The third-order valence-corrected chi connectivity index (χ3v) is 7.04. The van der Waals surface area contributed by atoms with Gasteiger partial charge in [-0.15, -0.1) is 21.5 Å². The van der Waals surface area contributed by atoms with Crippen molar-refractivity contribution in [3.05, 3.63) is 45.3 Å². The molecule has 164 valence electrons. The molecule has 2 aromatic heterocycles. The number of rotatable bonds is 8. The van der Waals surface area contributed by atoms with Crippen LogP contribution in [0.3, 0.4) is 0 Å². The minimum absolute atomic E-state index is 0.125. The maximum Gasteiger partial charge on any atom is 0.341 e. The number of anilines is 1. The smallest absolute Gasteiger partial charge is 0.341 e. The zero-order valence-electron chi connectivity index (χ0n) is 17.7. The molecule has 0 saturated heterocycles. The van der Waals surface area contributed by atoms with Gasteiger partial charge in [0.25, 0.3) is 0 Å². The Hall–Kier alpha value is -2.36. The molecule has 0 bridgehead atoms. The molecule has 1 amide bonds. The van der Waals surface area contributed by atoms with E-state index in [4.69, 9.17) is 16.3 Å². The summed E-state index contributed by atoms with van der Waals surface area (Å²) >= 11 is 8.96. The van der Waals surface area contributed by atoms with Gasteiger partial charge < -0.3 is 14.6 Å². The first-order valence-electron chi connectivity index (χ1n) is 9.72. The molecular formula is C21H23ClN4O3S2. The van der Waals surface area contributed by atoms with Crippen molar-refractivity contribution in [3.8, 4) is 11.4 Å². The van der Waals surface area contributed by atoms with Crippen molar-refractivity contribution in [1.82, 2.24) is 14.8 Å². The highest BCUT2D eigenvalue weighted by Crippen LogP contribution is 2.34. The van der Waals surface area contributed by atoms with Crippen LogP contribution in [0.4, 0.5) is 5.00 Å². The quantitative estimate of drug-likeness (QED) is 0.359. The molecule has 3 rings (SSSR count). The summed E-state index contributed by atoms with van der Waals surface area (Å²) in [7, 11) is 1.34. The minimum atomic E-state index is -0.445. The van der Waals surface area contributed by atoms with Crippen molar-refractivity contribution >= 4 is 51.6 Å². The van der Waals surface area contributed by atoms with Crippen molar-refractivity contribution < 1.29 is 14.3 Å². The summed E-state index contributed by atoms with van der Waals surface area (Å²) in [4.78, 5) is 25.9. The molecule has 3 aromatic rings. The summed E-state index contributed by atoms with van der Waals surface area (Å²) in [5.74, 6) is 0.105. The topological polar surface area (TPSA) is 86.1 Å². The first kappa shape index (κ1) is 23.3. The number of aromatic nitrogens is 3. The maximum atomic E-state index is 12.6. The largest absolute Gasteiger partial charge is 0.465 e. The van der Waals surface area contributed by atoms with Gasteiger partial charge in [0.05, 0.1) is 23.4 Å². The third-order valence-electron chi connectivity index (χ3n) is 4.69. The Balaban J connectivity index is 1.76. The van der Waals surface area contributed by atoms with Crippen LogP contribution in [0.5, 0.6) is 0 Å². The maximum absolute atomic E-state index is 12.6. The number of nitrogens with zero attached hydrogens (tertiary/aromatic N) is 3. The molecule has 7 nitrogen and oxygen atoms in total. The number of thioether (sulfide) groups is 1. The SMILES string of the molecule is CCc1c(C)sc(NC(=O)CSc2nnc(-c3ccccc3Cl)n2CC)c1C(=O)OC. The molecule has 0 unspecified atom stereocenters. The Bertz CT molecular complexity index is 1110. The van der Waals surface area contributed by atoms with Crippen LogP contribution < -0.4 is 5.32 Å². The highest BCUT2D eigenvalue weighted by Gasteiger charge is 2.23. The van der Waals surface area contributed by atoms with Gasteiger partial charge >= 0.3 is 5.97 Å². The molecule has 0 spiro atoms. The lowest BCUT2D eigenvalue weighted by Crippen LogP contribution is -2.16. The number of hydrogen-bond acceptors (Lipinski definition) is 7. The van der Waals surface area contributed by atoms with Crippen LogP contribution in [-0.2, 0) is 22.5 Å². The van der Waals surface area contributed by atoms with E-state index >= 15 is 0 Å². The fraction of sp³-hybridized carbons (Fsp3) is 0.333. The number of halogens is 1. The standard InChI is InChI=1S/C21H23ClN4O3S2/c1-5-13-12(3)31-19(17(13)20(28)29-4)23-16(27)11-30-21-25-24-18(26(21)6-2)14-9-7-8-10-15(14)22/h7-10H,5-6,11H2,1-4H3,(H,23,27). The number of methoxy groups -OCH3 is 1. The molecular weight excluding hydrogens is 456 g/mol. The number of aryl methyl sites for hydroxylation is 1. The van der Waals surface area contributed by atoms with Crippen molar-refractivity contribution in [2.75, 3.05) is 18.2 Å². The lowest BCUT2D eigenvalue weighted by atomic mass is 10.1. The van der Waals surface area contributed by atoms with Gasteiger partial charge in [0.1, 0.15) is 5.00 Å². The van der Waals surface area contributed by atoms with Crippen LogP contribution in [0.25, 0.3) is 11.4 Å². The molecule has 0 aliphatic rings. The van der Waals surface area contributed by atoms with Gasteiger partial charge in [-0.05, 0) is 38.0 Å². The van der Waals surface area contributed by atoms with Gasteiger partial charge in [0.2, 0.25) is 5.91 Å². The van der Waals surface area contributed by atoms with E-state index in [-0.39, 0.29) is 11.7 Å².